The summed E-state index contributed by atoms with van der Waals surface area (Å²) in [5.74, 6) is -0.522. The Bertz CT molecular complexity index is 877. The SMILES string of the molecule is [B]c1cc(/C=C/c2ccc(F)cc2)c(Br)cc1/C=C/c1ccc(F)cc1. The second-order valence-corrected chi connectivity index (χ2v) is 6.63. The van der Waals surface area contributed by atoms with E-state index in [1.165, 1.54) is 24.3 Å². The first-order valence-electron chi connectivity index (χ1n) is 7.97. The maximum absolute atomic E-state index is 13.0. The van der Waals surface area contributed by atoms with Crippen LogP contribution >= 0.6 is 15.9 Å². The summed E-state index contributed by atoms with van der Waals surface area (Å²) in [7, 11) is 6.15. The van der Waals surface area contributed by atoms with Gasteiger partial charge in [-0.15, -0.1) is 0 Å². The van der Waals surface area contributed by atoms with Gasteiger partial charge in [-0.3, -0.25) is 0 Å². The predicted octanol–water partition coefficient (Wildman–Crippen LogP) is 5.86. The van der Waals surface area contributed by atoms with E-state index in [4.69, 9.17) is 7.85 Å². The molecular formula is C22H14BBrF2. The van der Waals surface area contributed by atoms with E-state index < -0.39 is 0 Å². The van der Waals surface area contributed by atoms with E-state index in [1.54, 1.807) is 24.3 Å². The van der Waals surface area contributed by atoms with Crippen LogP contribution in [-0.2, 0) is 0 Å². The average molecular weight is 407 g/mol. The molecule has 0 aliphatic carbocycles. The molecular weight excluding hydrogens is 393 g/mol. The lowest BCUT2D eigenvalue weighted by Crippen LogP contribution is -2.07. The standard InChI is InChI=1S/C22H14BBrF2/c23-21-13-18(8-2-16-5-11-20(26)12-6-16)22(24)14-17(21)7-1-15-3-9-19(25)10-4-15/h1-14H/b7-1+,8-2+. The van der Waals surface area contributed by atoms with Crippen LogP contribution in [0, 0.1) is 11.6 Å². The highest BCUT2D eigenvalue weighted by atomic mass is 79.9. The van der Waals surface area contributed by atoms with Crippen molar-refractivity contribution < 1.29 is 8.78 Å². The van der Waals surface area contributed by atoms with Gasteiger partial charge in [0.2, 0.25) is 0 Å². The first-order valence-corrected chi connectivity index (χ1v) is 8.77. The summed E-state index contributed by atoms with van der Waals surface area (Å²) < 4.78 is 26.8. The lowest BCUT2D eigenvalue weighted by Gasteiger charge is -2.06. The molecule has 0 amide bonds. The molecule has 0 heterocycles. The van der Waals surface area contributed by atoms with Crippen LogP contribution in [0.1, 0.15) is 22.3 Å². The maximum Gasteiger partial charge on any atom is 0.123 e. The van der Waals surface area contributed by atoms with E-state index in [2.05, 4.69) is 15.9 Å². The van der Waals surface area contributed by atoms with Gasteiger partial charge < -0.3 is 0 Å². The number of hydrogen-bond acceptors (Lipinski definition) is 0. The van der Waals surface area contributed by atoms with Crippen molar-refractivity contribution in [2.45, 2.75) is 0 Å². The highest BCUT2D eigenvalue weighted by Gasteiger charge is 2.02. The third-order valence-corrected chi connectivity index (χ3v) is 4.54. The molecule has 0 bridgehead atoms. The summed E-state index contributed by atoms with van der Waals surface area (Å²) in [6, 6.07) is 16.3. The van der Waals surface area contributed by atoms with Crippen molar-refractivity contribution >= 4 is 53.5 Å². The van der Waals surface area contributed by atoms with Crippen molar-refractivity contribution in [1.82, 2.24) is 0 Å². The Morgan fingerprint density at radius 3 is 1.62 bits per heavy atom. The highest BCUT2D eigenvalue weighted by Crippen LogP contribution is 2.21. The van der Waals surface area contributed by atoms with Gasteiger partial charge in [0.05, 0.1) is 0 Å². The van der Waals surface area contributed by atoms with E-state index in [9.17, 15) is 8.78 Å². The number of rotatable bonds is 4. The van der Waals surface area contributed by atoms with E-state index in [0.29, 0.717) is 5.46 Å². The summed E-state index contributed by atoms with van der Waals surface area (Å²) in [6.07, 6.45) is 7.58. The fourth-order valence-corrected chi connectivity index (χ4v) is 2.91. The maximum atomic E-state index is 13.0. The normalized spacial score (nSPS) is 11.5. The molecule has 3 aromatic carbocycles. The van der Waals surface area contributed by atoms with Crippen molar-refractivity contribution in [2.24, 2.45) is 0 Å². The van der Waals surface area contributed by atoms with Gasteiger partial charge in [0.15, 0.2) is 0 Å². The van der Waals surface area contributed by atoms with Gasteiger partial charge in [-0.1, -0.05) is 76.0 Å². The quantitative estimate of drug-likeness (QED) is 0.376. The van der Waals surface area contributed by atoms with Crippen LogP contribution in [0.2, 0.25) is 0 Å². The predicted molar refractivity (Wildman–Crippen MR) is 110 cm³/mol. The monoisotopic (exact) mass is 406 g/mol. The molecule has 0 unspecified atom stereocenters. The van der Waals surface area contributed by atoms with Crippen molar-refractivity contribution in [3.63, 3.8) is 0 Å². The largest absolute Gasteiger partial charge is 0.207 e. The van der Waals surface area contributed by atoms with Crippen molar-refractivity contribution in [2.75, 3.05) is 0 Å². The van der Waals surface area contributed by atoms with Gasteiger partial charge in [0, 0.05) is 4.47 Å². The van der Waals surface area contributed by atoms with Crippen LogP contribution in [0.15, 0.2) is 65.1 Å². The van der Waals surface area contributed by atoms with E-state index in [0.717, 1.165) is 26.7 Å². The molecule has 0 spiro atoms. The molecule has 0 saturated heterocycles. The minimum Gasteiger partial charge on any atom is -0.207 e. The summed E-state index contributed by atoms with van der Waals surface area (Å²) in [5.41, 5.74) is 4.20. The second-order valence-electron chi connectivity index (χ2n) is 5.77. The second kappa shape index (κ2) is 8.28. The topological polar surface area (TPSA) is 0 Å². The Kier molecular flexibility index (Phi) is 5.84. The molecule has 0 fully saturated rings. The van der Waals surface area contributed by atoms with Gasteiger partial charge in [0.1, 0.15) is 19.5 Å². The van der Waals surface area contributed by atoms with Gasteiger partial charge in [0.25, 0.3) is 0 Å². The third-order valence-electron chi connectivity index (χ3n) is 3.85. The molecule has 0 aliphatic rings. The zero-order chi connectivity index (χ0) is 18.5. The van der Waals surface area contributed by atoms with E-state index in [-0.39, 0.29) is 11.6 Å². The Morgan fingerprint density at radius 2 is 1.12 bits per heavy atom. The van der Waals surface area contributed by atoms with Crippen LogP contribution in [0.3, 0.4) is 0 Å². The Balaban J connectivity index is 1.81. The summed E-state index contributed by atoms with van der Waals surface area (Å²) in [4.78, 5) is 0. The lowest BCUT2D eigenvalue weighted by molar-refractivity contribution is 0.627. The fraction of sp³-hybridized carbons (Fsp3) is 0. The van der Waals surface area contributed by atoms with Crippen molar-refractivity contribution in [1.29, 1.82) is 0 Å². The van der Waals surface area contributed by atoms with Crippen molar-refractivity contribution in [3.8, 4) is 0 Å². The number of benzene rings is 3. The molecule has 0 aliphatic heterocycles. The average Bonchev–Trinajstić information content (AvgIpc) is 2.63. The zero-order valence-corrected chi connectivity index (χ0v) is 15.4. The Labute approximate surface area is 161 Å². The van der Waals surface area contributed by atoms with E-state index in [1.807, 2.05) is 36.4 Å². The summed E-state index contributed by atoms with van der Waals surface area (Å²) >= 11 is 3.55. The van der Waals surface area contributed by atoms with Gasteiger partial charge >= 0.3 is 0 Å². The zero-order valence-electron chi connectivity index (χ0n) is 13.8. The van der Waals surface area contributed by atoms with Crippen LogP contribution < -0.4 is 5.46 Å². The van der Waals surface area contributed by atoms with Crippen molar-refractivity contribution in [3.05, 3.63) is 99.0 Å². The van der Waals surface area contributed by atoms with Crippen LogP contribution in [0.5, 0.6) is 0 Å². The molecule has 0 saturated carbocycles. The van der Waals surface area contributed by atoms with Gasteiger partial charge in [-0.05, 0) is 52.6 Å². The Morgan fingerprint density at radius 1 is 0.654 bits per heavy atom. The molecule has 3 rings (SSSR count). The molecule has 26 heavy (non-hydrogen) atoms. The number of hydrogen-bond donors (Lipinski definition) is 0. The highest BCUT2D eigenvalue weighted by molar-refractivity contribution is 9.10. The first-order chi connectivity index (χ1) is 12.5. The molecule has 0 atom stereocenters. The summed E-state index contributed by atoms with van der Waals surface area (Å²) in [6.45, 7) is 0. The number of halogens is 3. The molecule has 2 radical (unpaired) electrons. The molecule has 4 heteroatoms. The third kappa shape index (κ3) is 4.80. The minimum absolute atomic E-state index is 0.259. The molecule has 0 N–H and O–H groups in total. The molecule has 126 valence electrons. The molecule has 3 aromatic rings. The fourth-order valence-electron chi connectivity index (χ4n) is 2.41. The van der Waals surface area contributed by atoms with Crippen LogP contribution in [0.25, 0.3) is 24.3 Å². The van der Waals surface area contributed by atoms with Gasteiger partial charge in [-0.25, -0.2) is 8.78 Å². The van der Waals surface area contributed by atoms with Crippen LogP contribution in [-0.4, -0.2) is 7.85 Å². The van der Waals surface area contributed by atoms with Gasteiger partial charge in [-0.2, -0.15) is 0 Å². The lowest BCUT2D eigenvalue weighted by atomic mass is 9.88. The molecule has 0 nitrogen and oxygen atoms in total. The van der Waals surface area contributed by atoms with Crippen LogP contribution in [0.4, 0.5) is 8.78 Å². The minimum atomic E-state index is -0.262. The van der Waals surface area contributed by atoms with E-state index >= 15 is 0 Å². The molecule has 0 aromatic heterocycles. The Hall–Kier alpha value is -2.46. The smallest absolute Gasteiger partial charge is 0.123 e. The first kappa shape index (κ1) is 18.3. The summed E-state index contributed by atoms with van der Waals surface area (Å²) in [5, 5.41) is 0.